The Morgan fingerprint density at radius 1 is 0.950 bits per heavy atom. The average molecular weight is 293 g/mol. The summed E-state index contributed by atoms with van der Waals surface area (Å²) in [6.07, 6.45) is 0. The highest BCUT2D eigenvalue weighted by atomic mass is 35.5. The summed E-state index contributed by atoms with van der Waals surface area (Å²) in [7, 11) is 0. The predicted molar refractivity (Wildman–Crippen MR) is 72.1 cm³/mol. The van der Waals surface area contributed by atoms with Gasteiger partial charge in [0, 0.05) is 5.56 Å². The summed E-state index contributed by atoms with van der Waals surface area (Å²) in [6.45, 7) is 0. The quantitative estimate of drug-likeness (QED) is 0.700. The molecule has 0 aliphatic rings. The minimum Gasteiger partial charge on any atom is -0.368 e. The lowest BCUT2D eigenvalue weighted by Crippen LogP contribution is -2.00. The van der Waals surface area contributed by atoms with Crippen molar-refractivity contribution in [3.8, 4) is 11.3 Å². The molecule has 0 aliphatic heterocycles. The van der Waals surface area contributed by atoms with Gasteiger partial charge in [0.25, 0.3) is 0 Å². The first-order valence-corrected chi connectivity index (χ1v) is 5.97. The fraction of sp³-hybridized carbons (Fsp3) is 0. The highest BCUT2D eigenvalue weighted by Gasteiger charge is 2.12. The van der Waals surface area contributed by atoms with Crippen molar-refractivity contribution in [1.29, 1.82) is 0 Å². The van der Waals surface area contributed by atoms with Gasteiger partial charge in [-0.1, -0.05) is 11.6 Å². The number of aromatic nitrogens is 3. The summed E-state index contributed by atoms with van der Waals surface area (Å²) < 4.78 is 26.4. The monoisotopic (exact) mass is 292 g/mol. The number of nitrogens with two attached hydrogens (primary N) is 1. The van der Waals surface area contributed by atoms with E-state index in [1.54, 1.807) is 12.1 Å². The fourth-order valence-electron chi connectivity index (χ4n) is 1.85. The standard InChI is InChI=1S/C13H7ClF2N4/c14-10-4-3-9-12(19-10)11(20-13(17)18-9)6-1-2-7(15)8(16)5-6/h1-5H,(H2,17,18,20). The van der Waals surface area contributed by atoms with E-state index in [-0.39, 0.29) is 11.1 Å². The molecule has 3 aromatic rings. The van der Waals surface area contributed by atoms with Crippen LogP contribution in [0.3, 0.4) is 0 Å². The molecule has 0 amide bonds. The maximum absolute atomic E-state index is 13.3. The number of nitrogen functional groups attached to an aromatic ring is 1. The van der Waals surface area contributed by atoms with Crippen molar-refractivity contribution in [1.82, 2.24) is 15.0 Å². The third-order valence-corrected chi connectivity index (χ3v) is 2.93. The molecule has 2 heterocycles. The van der Waals surface area contributed by atoms with Crippen LogP contribution in [-0.2, 0) is 0 Å². The van der Waals surface area contributed by atoms with Crippen molar-refractivity contribution in [3.63, 3.8) is 0 Å². The van der Waals surface area contributed by atoms with Crippen molar-refractivity contribution in [3.05, 3.63) is 47.1 Å². The number of pyridine rings is 1. The van der Waals surface area contributed by atoms with Gasteiger partial charge in [-0.15, -0.1) is 0 Å². The zero-order valence-electron chi connectivity index (χ0n) is 9.94. The molecular weight excluding hydrogens is 286 g/mol. The zero-order valence-corrected chi connectivity index (χ0v) is 10.7. The minimum absolute atomic E-state index is 0.0151. The number of nitrogens with zero attached hydrogens (tertiary/aromatic N) is 3. The summed E-state index contributed by atoms with van der Waals surface area (Å²) in [5, 5.41) is 0.245. The number of rotatable bonds is 1. The van der Waals surface area contributed by atoms with Gasteiger partial charge in [-0.05, 0) is 30.3 Å². The van der Waals surface area contributed by atoms with Gasteiger partial charge in [0.1, 0.15) is 16.4 Å². The molecule has 0 unspecified atom stereocenters. The number of hydrogen-bond acceptors (Lipinski definition) is 4. The van der Waals surface area contributed by atoms with Gasteiger partial charge in [-0.25, -0.2) is 23.7 Å². The minimum atomic E-state index is -0.977. The largest absolute Gasteiger partial charge is 0.368 e. The SMILES string of the molecule is Nc1nc(-c2ccc(F)c(F)c2)c2nc(Cl)ccc2n1. The Hall–Kier alpha value is -2.34. The molecule has 0 saturated heterocycles. The van der Waals surface area contributed by atoms with E-state index in [0.717, 1.165) is 12.1 Å². The van der Waals surface area contributed by atoms with E-state index in [0.29, 0.717) is 22.3 Å². The van der Waals surface area contributed by atoms with Crippen LogP contribution in [0.1, 0.15) is 0 Å². The van der Waals surface area contributed by atoms with Gasteiger partial charge in [-0.2, -0.15) is 0 Å². The van der Waals surface area contributed by atoms with Crippen LogP contribution < -0.4 is 5.73 Å². The molecule has 0 aliphatic carbocycles. The van der Waals surface area contributed by atoms with Crippen molar-refractivity contribution >= 4 is 28.6 Å². The normalized spacial score (nSPS) is 10.9. The van der Waals surface area contributed by atoms with Gasteiger partial charge < -0.3 is 5.73 Å². The highest BCUT2D eigenvalue weighted by Crippen LogP contribution is 2.27. The fourth-order valence-corrected chi connectivity index (χ4v) is 2.00. The van der Waals surface area contributed by atoms with Crippen LogP contribution in [-0.4, -0.2) is 15.0 Å². The number of benzene rings is 1. The Balaban J connectivity index is 2.33. The number of halogens is 3. The van der Waals surface area contributed by atoms with Crippen molar-refractivity contribution in [2.24, 2.45) is 0 Å². The lowest BCUT2D eigenvalue weighted by molar-refractivity contribution is 0.509. The molecule has 1 aromatic carbocycles. The first kappa shape index (κ1) is 12.7. The summed E-state index contributed by atoms with van der Waals surface area (Å²) in [5.74, 6) is -1.90. The van der Waals surface area contributed by atoms with Gasteiger partial charge in [0.2, 0.25) is 5.95 Å². The third-order valence-electron chi connectivity index (χ3n) is 2.72. The van der Waals surface area contributed by atoms with Crippen LogP contribution in [0.2, 0.25) is 5.15 Å². The van der Waals surface area contributed by atoms with E-state index >= 15 is 0 Å². The first-order chi connectivity index (χ1) is 9.54. The molecule has 0 spiro atoms. The second-order valence-electron chi connectivity index (χ2n) is 4.06. The Bertz CT molecular complexity index is 823. The summed E-state index contributed by atoms with van der Waals surface area (Å²) in [6, 6.07) is 6.62. The van der Waals surface area contributed by atoms with Gasteiger partial charge in [0.05, 0.1) is 5.52 Å². The maximum Gasteiger partial charge on any atom is 0.221 e. The summed E-state index contributed by atoms with van der Waals surface area (Å²) in [4.78, 5) is 12.2. The molecular formula is C13H7ClF2N4. The summed E-state index contributed by atoms with van der Waals surface area (Å²) >= 11 is 5.84. The number of hydrogen-bond donors (Lipinski definition) is 1. The van der Waals surface area contributed by atoms with Gasteiger partial charge in [0.15, 0.2) is 11.6 Å². The van der Waals surface area contributed by atoms with Crippen molar-refractivity contribution in [2.75, 3.05) is 5.73 Å². The van der Waals surface area contributed by atoms with E-state index in [2.05, 4.69) is 15.0 Å². The molecule has 0 fully saturated rings. The van der Waals surface area contributed by atoms with Crippen LogP contribution in [0.25, 0.3) is 22.3 Å². The van der Waals surface area contributed by atoms with E-state index in [1.165, 1.54) is 6.07 Å². The van der Waals surface area contributed by atoms with E-state index in [1.807, 2.05) is 0 Å². The van der Waals surface area contributed by atoms with Crippen LogP contribution >= 0.6 is 11.6 Å². The molecule has 7 heteroatoms. The van der Waals surface area contributed by atoms with E-state index in [9.17, 15) is 8.78 Å². The Labute approximate surface area is 117 Å². The molecule has 3 rings (SSSR count). The first-order valence-electron chi connectivity index (χ1n) is 5.60. The topological polar surface area (TPSA) is 64.7 Å². The Kier molecular flexibility index (Phi) is 2.94. The smallest absolute Gasteiger partial charge is 0.221 e. The van der Waals surface area contributed by atoms with Crippen LogP contribution in [0.4, 0.5) is 14.7 Å². The molecule has 0 atom stereocenters. The zero-order chi connectivity index (χ0) is 14.3. The molecule has 0 saturated carbocycles. The Morgan fingerprint density at radius 3 is 2.50 bits per heavy atom. The Morgan fingerprint density at radius 2 is 1.75 bits per heavy atom. The summed E-state index contributed by atoms with van der Waals surface area (Å²) in [5.41, 5.74) is 7.11. The van der Waals surface area contributed by atoms with Crippen molar-refractivity contribution < 1.29 is 8.78 Å². The molecule has 0 bridgehead atoms. The van der Waals surface area contributed by atoms with Crippen LogP contribution in [0.5, 0.6) is 0 Å². The lowest BCUT2D eigenvalue weighted by atomic mass is 10.1. The third kappa shape index (κ3) is 2.14. The number of fused-ring (bicyclic) bond motifs is 1. The second kappa shape index (κ2) is 4.64. The average Bonchev–Trinajstić information content (AvgIpc) is 2.41. The highest BCUT2D eigenvalue weighted by molar-refractivity contribution is 6.29. The molecule has 4 nitrogen and oxygen atoms in total. The van der Waals surface area contributed by atoms with Crippen LogP contribution in [0.15, 0.2) is 30.3 Å². The van der Waals surface area contributed by atoms with E-state index in [4.69, 9.17) is 17.3 Å². The van der Waals surface area contributed by atoms with Gasteiger partial charge in [-0.3, -0.25) is 0 Å². The molecule has 0 radical (unpaired) electrons. The predicted octanol–water partition coefficient (Wildman–Crippen LogP) is 3.21. The molecule has 2 aromatic heterocycles. The second-order valence-corrected chi connectivity index (χ2v) is 4.45. The lowest BCUT2D eigenvalue weighted by Gasteiger charge is -2.06. The maximum atomic E-state index is 13.3. The van der Waals surface area contributed by atoms with Gasteiger partial charge >= 0.3 is 0 Å². The molecule has 20 heavy (non-hydrogen) atoms. The molecule has 100 valence electrons. The van der Waals surface area contributed by atoms with Crippen LogP contribution in [0, 0.1) is 11.6 Å². The molecule has 2 N–H and O–H groups in total. The number of anilines is 1. The van der Waals surface area contributed by atoms with Crippen molar-refractivity contribution in [2.45, 2.75) is 0 Å². The van der Waals surface area contributed by atoms with E-state index < -0.39 is 11.6 Å².